The van der Waals surface area contributed by atoms with Gasteiger partial charge in [0.2, 0.25) is 0 Å². The van der Waals surface area contributed by atoms with Gasteiger partial charge >= 0.3 is 12.1 Å². The molecule has 0 aromatic carbocycles. The van der Waals surface area contributed by atoms with Crippen LogP contribution in [0, 0.1) is 6.92 Å². The van der Waals surface area contributed by atoms with Gasteiger partial charge in [-0.3, -0.25) is 0 Å². The van der Waals surface area contributed by atoms with Crippen molar-refractivity contribution >= 4 is 12.1 Å². The number of oxazole rings is 1. The van der Waals surface area contributed by atoms with E-state index in [-0.39, 0.29) is 0 Å². The summed E-state index contributed by atoms with van der Waals surface area (Å²) in [6.07, 6.45) is 3.00. The standard InChI is InChI=1S/C11H18N2O3/c1-4-6-7-13(11(14)15-5-2)10-12-9(3)8-16-10/h8H,4-7H2,1-3H3. The number of carbonyl (C=O) groups excluding carboxylic acids is 1. The molecule has 5 heteroatoms. The third-order valence-electron chi connectivity index (χ3n) is 2.06. The SMILES string of the molecule is CCCCN(C(=O)OCC)c1nc(C)co1. The van der Waals surface area contributed by atoms with Gasteiger partial charge in [-0.1, -0.05) is 13.3 Å². The van der Waals surface area contributed by atoms with Crippen molar-refractivity contribution in [2.45, 2.75) is 33.6 Å². The van der Waals surface area contributed by atoms with Crippen LogP contribution in [-0.2, 0) is 4.74 Å². The van der Waals surface area contributed by atoms with Crippen LogP contribution in [0.5, 0.6) is 0 Å². The summed E-state index contributed by atoms with van der Waals surface area (Å²) in [5.74, 6) is 0. The fraction of sp³-hybridized carbons (Fsp3) is 0.636. The molecule has 0 unspecified atom stereocenters. The van der Waals surface area contributed by atoms with E-state index < -0.39 is 6.09 Å². The molecule has 0 radical (unpaired) electrons. The minimum absolute atomic E-state index is 0.310. The van der Waals surface area contributed by atoms with Crippen molar-refractivity contribution in [3.8, 4) is 0 Å². The molecule has 90 valence electrons. The molecule has 0 saturated heterocycles. The largest absolute Gasteiger partial charge is 0.449 e. The van der Waals surface area contributed by atoms with E-state index in [1.54, 1.807) is 6.92 Å². The molecule has 0 atom stereocenters. The molecule has 0 aliphatic rings. The number of aryl methyl sites for hydroxylation is 1. The number of rotatable bonds is 5. The van der Waals surface area contributed by atoms with Crippen molar-refractivity contribution in [3.05, 3.63) is 12.0 Å². The number of aromatic nitrogens is 1. The smallest absolute Gasteiger partial charge is 0.417 e. The molecule has 1 aromatic rings. The van der Waals surface area contributed by atoms with Crippen molar-refractivity contribution in [1.29, 1.82) is 0 Å². The molecule has 0 spiro atoms. The van der Waals surface area contributed by atoms with E-state index in [1.807, 2.05) is 6.92 Å². The van der Waals surface area contributed by atoms with E-state index in [9.17, 15) is 4.79 Å². The van der Waals surface area contributed by atoms with Crippen molar-refractivity contribution in [2.75, 3.05) is 18.1 Å². The quantitative estimate of drug-likeness (QED) is 0.774. The summed E-state index contributed by atoms with van der Waals surface area (Å²) in [5, 5.41) is 0. The molecule has 0 saturated carbocycles. The van der Waals surface area contributed by atoms with Gasteiger partial charge in [-0.25, -0.2) is 9.69 Å². The Labute approximate surface area is 95.4 Å². The summed E-state index contributed by atoms with van der Waals surface area (Å²) in [5.41, 5.74) is 0.751. The van der Waals surface area contributed by atoms with Gasteiger partial charge in [0.25, 0.3) is 0 Å². The van der Waals surface area contributed by atoms with Crippen LogP contribution in [-0.4, -0.2) is 24.2 Å². The van der Waals surface area contributed by atoms with E-state index in [1.165, 1.54) is 11.2 Å². The second-order valence-electron chi connectivity index (χ2n) is 3.48. The fourth-order valence-electron chi connectivity index (χ4n) is 1.25. The number of hydrogen-bond acceptors (Lipinski definition) is 4. The molecule has 1 heterocycles. The third-order valence-corrected chi connectivity index (χ3v) is 2.06. The molecular weight excluding hydrogens is 208 g/mol. The lowest BCUT2D eigenvalue weighted by Gasteiger charge is -2.17. The topological polar surface area (TPSA) is 55.6 Å². The van der Waals surface area contributed by atoms with Gasteiger partial charge in [0.1, 0.15) is 6.26 Å². The van der Waals surface area contributed by atoms with E-state index in [4.69, 9.17) is 9.15 Å². The van der Waals surface area contributed by atoms with Crippen LogP contribution in [0.25, 0.3) is 0 Å². The Morgan fingerprint density at radius 1 is 1.56 bits per heavy atom. The number of anilines is 1. The minimum atomic E-state index is -0.405. The van der Waals surface area contributed by atoms with E-state index in [0.29, 0.717) is 19.2 Å². The number of unbranched alkanes of at least 4 members (excludes halogenated alkanes) is 1. The summed E-state index contributed by atoms with van der Waals surface area (Å²) in [4.78, 5) is 17.2. The second-order valence-corrected chi connectivity index (χ2v) is 3.48. The van der Waals surface area contributed by atoms with Gasteiger partial charge in [0.15, 0.2) is 0 Å². The summed E-state index contributed by atoms with van der Waals surface area (Å²) >= 11 is 0. The van der Waals surface area contributed by atoms with Crippen LogP contribution in [0.2, 0.25) is 0 Å². The summed E-state index contributed by atoms with van der Waals surface area (Å²) < 4.78 is 10.2. The fourth-order valence-corrected chi connectivity index (χ4v) is 1.25. The zero-order valence-electron chi connectivity index (χ0n) is 10.0. The molecule has 0 fully saturated rings. The van der Waals surface area contributed by atoms with E-state index in [2.05, 4.69) is 11.9 Å². The average molecular weight is 226 g/mol. The van der Waals surface area contributed by atoms with Crippen LogP contribution in [0.3, 0.4) is 0 Å². The summed E-state index contributed by atoms with van der Waals surface area (Å²) in [7, 11) is 0. The number of ether oxygens (including phenoxy) is 1. The van der Waals surface area contributed by atoms with Crippen LogP contribution in [0.1, 0.15) is 32.4 Å². The Morgan fingerprint density at radius 3 is 2.81 bits per heavy atom. The summed E-state index contributed by atoms with van der Waals surface area (Å²) in [6, 6.07) is 0.310. The first kappa shape index (κ1) is 12.5. The molecule has 0 aliphatic carbocycles. The Balaban J connectivity index is 2.74. The number of amides is 1. The number of hydrogen-bond donors (Lipinski definition) is 0. The molecule has 0 bridgehead atoms. The molecule has 1 aromatic heterocycles. The normalized spacial score (nSPS) is 10.2. The zero-order chi connectivity index (χ0) is 12.0. The van der Waals surface area contributed by atoms with Gasteiger partial charge < -0.3 is 9.15 Å². The lowest BCUT2D eigenvalue weighted by Crippen LogP contribution is -2.32. The van der Waals surface area contributed by atoms with E-state index in [0.717, 1.165) is 18.5 Å². The van der Waals surface area contributed by atoms with Crippen LogP contribution < -0.4 is 4.90 Å². The molecule has 1 rings (SSSR count). The predicted molar refractivity (Wildman–Crippen MR) is 60.5 cm³/mol. The minimum Gasteiger partial charge on any atom is -0.449 e. The molecule has 5 nitrogen and oxygen atoms in total. The Kier molecular flexibility index (Phi) is 4.82. The van der Waals surface area contributed by atoms with Crippen molar-refractivity contribution < 1.29 is 13.9 Å². The Hall–Kier alpha value is -1.52. The Bertz CT molecular complexity index is 336. The number of nitrogens with zero attached hydrogens (tertiary/aromatic N) is 2. The lowest BCUT2D eigenvalue weighted by molar-refractivity contribution is 0.158. The molecule has 1 amide bonds. The zero-order valence-corrected chi connectivity index (χ0v) is 10.0. The maximum Gasteiger partial charge on any atom is 0.417 e. The highest BCUT2D eigenvalue weighted by Crippen LogP contribution is 2.15. The highest BCUT2D eigenvalue weighted by Gasteiger charge is 2.20. The second kappa shape index (κ2) is 6.15. The van der Waals surface area contributed by atoms with Gasteiger partial charge in [-0.15, -0.1) is 0 Å². The van der Waals surface area contributed by atoms with Crippen LogP contribution >= 0.6 is 0 Å². The predicted octanol–water partition coefficient (Wildman–Crippen LogP) is 2.75. The van der Waals surface area contributed by atoms with Crippen molar-refractivity contribution in [2.24, 2.45) is 0 Å². The highest BCUT2D eigenvalue weighted by atomic mass is 16.6. The Morgan fingerprint density at radius 2 is 2.31 bits per heavy atom. The van der Waals surface area contributed by atoms with Crippen molar-refractivity contribution in [1.82, 2.24) is 4.98 Å². The molecule has 16 heavy (non-hydrogen) atoms. The van der Waals surface area contributed by atoms with Crippen LogP contribution in [0.4, 0.5) is 10.8 Å². The molecular formula is C11H18N2O3. The monoisotopic (exact) mass is 226 g/mol. The summed E-state index contributed by atoms with van der Waals surface area (Å²) in [6.45, 7) is 6.56. The molecule has 0 aliphatic heterocycles. The number of carbonyl (C=O) groups is 1. The van der Waals surface area contributed by atoms with Gasteiger partial charge in [0.05, 0.1) is 12.3 Å². The van der Waals surface area contributed by atoms with Gasteiger partial charge in [-0.05, 0) is 20.3 Å². The first-order valence-electron chi connectivity index (χ1n) is 5.55. The first-order valence-corrected chi connectivity index (χ1v) is 5.55. The van der Waals surface area contributed by atoms with Crippen LogP contribution in [0.15, 0.2) is 10.7 Å². The molecule has 0 N–H and O–H groups in total. The average Bonchev–Trinajstić information content (AvgIpc) is 2.66. The van der Waals surface area contributed by atoms with Gasteiger partial charge in [-0.2, -0.15) is 4.98 Å². The highest BCUT2D eigenvalue weighted by molar-refractivity contribution is 5.84. The van der Waals surface area contributed by atoms with Crippen molar-refractivity contribution in [3.63, 3.8) is 0 Å². The first-order chi connectivity index (χ1) is 7.69. The lowest BCUT2D eigenvalue weighted by atomic mass is 10.3. The third kappa shape index (κ3) is 3.25. The van der Waals surface area contributed by atoms with Gasteiger partial charge in [0, 0.05) is 6.54 Å². The maximum atomic E-state index is 11.7. The maximum absolute atomic E-state index is 11.7. The van der Waals surface area contributed by atoms with E-state index >= 15 is 0 Å².